The molecule has 188 valence electrons. The van der Waals surface area contributed by atoms with Gasteiger partial charge in [0.1, 0.15) is 11.5 Å². The van der Waals surface area contributed by atoms with E-state index in [2.05, 4.69) is 20.7 Å². The zero-order chi connectivity index (χ0) is 26.2. The summed E-state index contributed by atoms with van der Waals surface area (Å²) in [4.78, 5) is 23.4. The van der Waals surface area contributed by atoms with Crippen LogP contribution in [0.25, 0.3) is 17.1 Å². The fourth-order valence-corrected chi connectivity index (χ4v) is 4.05. The van der Waals surface area contributed by atoms with Gasteiger partial charge >= 0.3 is 5.97 Å². The first-order valence-electron chi connectivity index (χ1n) is 11.0. The van der Waals surface area contributed by atoms with Crippen LogP contribution in [-0.4, -0.2) is 57.9 Å². The van der Waals surface area contributed by atoms with Crippen LogP contribution < -0.4 is 14.9 Å². The van der Waals surface area contributed by atoms with E-state index < -0.39 is 5.97 Å². The number of hydrogen-bond acceptors (Lipinski definition) is 8. The largest absolute Gasteiger partial charge is 0.497 e. The number of methoxy groups -OCH3 is 2. The highest BCUT2D eigenvalue weighted by Crippen LogP contribution is 2.29. The van der Waals surface area contributed by atoms with E-state index in [1.54, 1.807) is 26.4 Å². The molecule has 0 unspecified atom stereocenters. The van der Waals surface area contributed by atoms with Crippen LogP contribution in [-0.2, 0) is 4.79 Å². The Hall–Kier alpha value is -4.64. The Balaban J connectivity index is 1.49. The van der Waals surface area contributed by atoms with Crippen molar-refractivity contribution in [3.05, 3.63) is 83.9 Å². The van der Waals surface area contributed by atoms with Crippen LogP contribution in [0.15, 0.2) is 83.1 Å². The van der Waals surface area contributed by atoms with Gasteiger partial charge in [0.05, 0.1) is 31.8 Å². The fraction of sp³-hybridized carbons (Fsp3) is 0.115. The lowest BCUT2D eigenvalue weighted by Gasteiger charge is -2.11. The molecule has 1 aromatic heterocycles. The Morgan fingerprint density at radius 3 is 2.16 bits per heavy atom. The summed E-state index contributed by atoms with van der Waals surface area (Å²) in [5, 5.41) is 22.1. The number of benzene rings is 3. The van der Waals surface area contributed by atoms with Crippen LogP contribution >= 0.6 is 11.8 Å². The summed E-state index contributed by atoms with van der Waals surface area (Å²) in [6.45, 7) is 0. The fourth-order valence-electron chi connectivity index (χ4n) is 3.31. The smallest absolute Gasteiger partial charge is 0.335 e. The minimum Gasteiger partial charge on any atom is -0.497 e. The van der Waals surface area contributed by atoms with Crippen molar-refractivity contribution in [2.45, 2.75) is 5.16 Å². The first-order valence-corrected chi connectivity index (χ1v) is 12.0. The average molecular weight is 518 g/mol. The van der Waals surface area contributed by atoms with Crippen molar-refractivity contribution < 1.29 is 24.2 Å². The number of aromatic carboxylic acids is 1. The number of carbonyl (C=O) groups is 2. The van der Waals surface area contributed by atoms with Crippen molar-refractivity contribution >= 4 is 29.9 Å². The molecule has 4 rings (SSSR count). The molecule has 0 saturated carbocycles. The number of carbonyl (C=O) groups excluding carboxylic acids is 1. The summed E-state index contributed by atoms with van der Waals surface area (Å²) in [7, 11) is 3.21. The number of rotatable bonds is 10. The summed E-state index contributed by atoms with van der Waals surface area (Å²) in [5.41, 5.74) is 4.94. The van der Waals surface area contributed by atoms with Crippen LogP contribution in [0.5, 0.6) is 11.5 Å². The second kappa shape index (κ2) is 11.9. The van der Waals surface area contributed by atoms with Gasteiger partial charge in [-0.3, -0.25) is 9.36 Å². The molecule has 2 N–H and O–H groups in total. The van der Waals surface area contributed by atoms with E-state index in [4.69, 9.17) is 14.6 Å². The molecule has 37 heavy (non-hydrogen) atoms. The Labute approximate surface area is 217 Å². The molecule has 3 aromatic carbocycles. The number of nitrogens with zero attached hydrogens (tertiary/aromatic N) is 4. The lowest BCUT2D eigenvalue weighted by atomic mass is 10.1. The van der Waals surface area contributed by atoms with E-state index in [9.17, 15) is 9.59 Å². The van der Waals surface area contributed by atoms with Gasteiger partial charge < -0.3 is 14.6 Å². The molecular weight excluding hydrogens is 494 g/mol. The topological polar surface area (TPSA) is 128 Å². The minimum absolute atomic E-state index is 0.0478. The van der Waals surface area contributed by atoms with Gasteiger partial charge in [0.15, 0.2) is 11.0 Å². The zero-order valence-electron chi connectivity index (χ0n) is 20.0. The Bertz CT molecular complexity index is 1400. The molecule has 0 aliphatic carbocycles. The summed E-state index contributed by atoms with van der Waals surface area (Å²) in [6, 6.07) is 21.1. The standard InChI is InChI=1S/C26H23N5O5S/c1-35-21-11-7-18(8-12-21)24-29-30-26(31(24)20-9-13-22(36-2)14-10-20)37-16-23(32)28-27-15-17-3-5-19(6-4-17)25(33)34/h3-15H,16H2,1-2H3,(H,28,32)(H,33,34). The monoisotopic (exact) mass is 517 g/mol. The molecule has 1 amide bonds. The highest BCUT2D eigenvalue weighted by atomic mass is 32.2. The highest BCUT2D eigenvalue weighted by Gasteiger charge is 2.17. The number of aromatic nitrogens is 3. The molecule has 0 fully saturated rings. The minimum atomic E-state index is -1.01. The van der Waals surface area contributed by atoms with Crippen molar-refractivity contribution in [3.63, 3.8) is 0 Å². The average Bonchev–Trinajstić information content (AvgIpc) is 3.36. The number of thioether (sulfide) groups is 1. The SMILES string of the molecule is COc1ccc(-c2nnc(SCC(=O)NN=Cc3ccc(C(=O)O)cc3)n2-c2ccc(OC)cc2)cc1. The van der Waals surface area contributed by atoms with E-state index in [-0.39, 0.29) is 17.2 Å². The van der Waals surface area contributed by atoms with Gasteiger partial charge in [-0.15, -0.1) is 10.2 Å². The summed E-state index contributed by atoms with van der Waals surface area (Å²) < 4.78 is 12.4. The Morgan fingerprint density at radius 1 is 0.946 bits per heavy atom. The van der Waals surface area contributed by atoms with Crippen molar-refractivity contribution in [2.24, 2.45) is 5.10 Å². The van der Waals surface area contributed by atoms with Gasteiger partial charge in [0, 0.05) is 11.3 Å². The maximum Gasteiger partial charge on any atom is 0.335 e. The number of carboxylic acids is 1. The molecule has 0 spiro atoms. The maximum absolute atomic E-state index is 12.4. The number of carboxylic acid groups (broad SMARTS) is 1. The van der Waals surface area contributed by atoms with Crippen LogP contribution in [0.2, 0.25) is 0 Å². The van der Waals surface area contributed by atoms with Gasteiger partial charge in [-0.1, -0.05) is 23.9 Å². The van der Waals surface area contributed by atoms with Crippen molar-refractivity contribution in [2.75, 3.05) is 20.0 Å². The predicted molar refractivity (Wildman–Crippen MR) is 140 cm³/mol. The van der Waals surface area contributed by atoms with E-state index in [1.807, 2.05) is 53.1 Å². The molecule has 0 saturated heterocycles. The van der Waals surface area contributed by atoms with Gasteiger partial charge in [0.25, 0.3) is 5.91 Å². The van der Waals surface area contributed by atoms with E-state index in [1.165, 1.54) is 30.1 Å². The molecule has 0 radical (unpaired) electrons. The van der Waals surface area contributed by atoms with Gasteiger partial charge in [-0.25, -0.2) is 10.2 Å². The lowest BCUT2D eigenvalue weighted by Crippen LogP contribution is -2.20. The number of hydrazone groups is 1. The van der Waals surface area contributed by atoms with E-state index >= 15 is 0 Å². The highest BCUT2D eigenvalue weighted by molar-refractivity contribution is 7.99. The molecule has 4 aromatic rings. The number of nitrogens with one attached hydrogen (secondary N) is 1. The Kier molecular flexibility index (Phi) is 8.16. The molecule has 0 bridgehead atoms. The Morgan fingerprint density at radius 2 is 1.57 bits per heavy atom. The van der Waals surface area contributed by atoms with Gasteiger partial charge in [-0.05, 0) is 66.2 Å². The first kappa shape index (κ1) is 25.5. The molecule has 0 aliphatic rings. The number of amides is 1. The second-order valence-corrected chi connectivity index (χ2v) is 8.52. The zero-order valence-corrected chi connectivity index (χ0v) is 20.8. The summed E-state index contributed by atoms with van der Waals surface area (Å²) in [5.74, 6) is 0.756. The molecule has 10 nitrogen and oxygen atoms in total. The molecule has 0 atom stereocenters. The summed E-state index contributed by atoms with van der Waals surface area (Å²) in [6.07, 6.45) is 1.44. The molecule has 1 heterocycles. The van der Waals surface area contributed by atoms with Crippen molar-refractivity contribution in [1.82, 2.24) is 20.2 Å². The van der Waals surface area contributed by atoms with Crippen molar-refractivity contribution in [1.29, 1.82) is 0 Å². The third kappa shape index (κ3) is 6.33. The normalized spacial score (nSPS) is 10.9. The third-order valence-corrected chi connectivity index (χ3v) is 6.13. The van der Waals surface area contributed by atoms with E-state index in [0.29, 0.717) is 22.3 Å². The molecular formula is C26H23N5O5S. The predicted octanol–water partition coefficient (Wildman–Crippen LogP) is 3.89. The van der Waals surface area contributed by atoms with Gasteiger partial charge in [0.2, 0.25) is 0 Å². The van der Waals surface area contributed by atoms with Crippen LogP contribution in [0.3, 0.4) is 0 Å². The van der Waals surface area contributed by atoms with Crippen LogP contribution in [0, 0.1) is 0 Å². The van der Waals surface area contributed by atoms with Crippen LogP contribution in [0.1, 0.15) is 15.9 Å². The maximum atomic E-state index is 12.4. The number of ether oxygens (including phenoxy) is 2. The van der Waals surface area contributed by atoms with E-state index in [0.717, 1.165) is 17.0 Å². The first-order chi connectivity index (χ1) is 18.0. The number of hydrogen-bond donors (Lipinski definition) is 2. The lowest BCUT2D eigenvalue weighted by molar-refractivity contribution is -0.118. The third-order valence-electron chi connectivity index (χ3n) is 5.21. The summed E-state index contributed by atoms with van der Waals surface area (Å²) >= 11 is 1.22. The molecule has 0 aliphatic heterocycles. The van der Waals surface area contributed by atoms with Gasteiger partial charge in [-0.2, -0.15) is 5.10 Å². The quantitative estimate of drug-likeness (QED) is 0.184. The molecule has 11 heteroatoms. The second-order valence-electron chi connectivity index (χ2n) is 7.58. The van der Waals surface area contributed by atoms with Crippen molar-refractivity contribution in [3.8, 4) is 28.6 Å². The van der Waals surface area contributed by atoms with Crippen LogP contribution in [0.4, 0.5) is 0 Å².